The average molecular weight is 497 g/mol. The summed E-state index contributed by atoms with van der Waals surface area (Å²) in [5.74, 6) is -1.60. The van der Waals surface area contributed by atoms with Crippen LogP contribution in [0.1, 0.15) is 27.3 Å². The summed E-state index contributed by atoms with van der Waals surface area (Å²) < 4.78 is 7.07. The van der Waals surface area contributed by atoms with Gasteiger partial charge in [0.15, 0.2) is 6.61 Å². The predicted molar refractivity (Wildman–Crippen MR) is 140 cm³/mol. The lowest BCUT2D eigenvalue weighted by atomic mass is 10.1. The second kappa shape index (κ2) is 11.8. The molecule has 1 heterocycles. The highest BCUT2D eigenvalue weighted by Crippen LogP contribution is 2.22. The van der Waals surface area contributed by atoms with Gasteiger partial charge in [-0.25, -0.2) is 9.48 Å². The highest BCUT2D eigenvalue weighted by Gasteiger charge is 2.25. The summed E-state index contributed by atoms with van der Waals surface area (Å²) in [5.41, 5.74) is 4.09. The first-order valence-electron chi connectivity index (χ1n) is 11.9. The highest BCUT2D eigenvalue weighted by atomic mass is 16.5. The number of rotatable bonds is 9. The largest absolute Gasteiger partial charge is 0.454 e. The molecule has 37 heavy (non-hydrogen) atoms. The highest BCUT2D eigenvalue weighted by molar-refractivity contribution is 5.97. The van der Waals surface area contributed by atoms with Gasteiger partial charge in [0.25, 0.3) is 11.8 Å². The van der Waals surface area contributed by atoms with Crippen LogP contribution in [0, 0.1) is 13.8 Å². The molecule has 2 N–H and O–H groups in total. The van der Waals surface area contributed by atoms with E-state index in [9.17, 15) is 14.4 Å². The minimum absolute atomic E-state index is 0.224. The topological polar surface area (TPSA) is 102 Å². The van der Waals surface area contributed by atoms with Gasteiger partial charge in [0.05, 0.1) is 22.8 Å². The number of carbonyl (C=O) groups is 3. The number of hydrogen-bond donors (Lipinski definition) is 2. The van der Waals surface area contributed by atoms with E-state index in [-0.39, 0.29) is 6.42 Å². The number of aromatic nitrogens is 2. The molecule has 0 aliphatic carbocycles. The zero-order valence-corrected chi connectivity index (χ0v) is 20.7. The molecule has 1 atom stereocenters. The third-order valence-electron chi connectivity index (χ3n) is 5.81. The quantitative estimate of drug-likeness (QED) is 0.341. The molecule has 1 unspecified atom stereocenters. The Bertz CT molecular complexity index is 1370. The van der Waals surface area contributed by atoms with Gasteiger partial charge in [0, 0.05) is 12.0 Å². The van der Waals surface area contributed by atoms with E-state index >= 15 is 0 Å². The third kappa shape index (κ3) is 6.49. The molecule has 0 fully saturated rings. The minimum atomic E-state index is -0.966. The van der Waals surface area contributed by atoms with Gasteiger partial charge in [0.1, 0.15) is 6.04 Å². The van der Waals surface area contributed by atoms with Crippen LogP contribution in [0.4, 0.5) is 5.69 Å². The zero-order valence-electron chi connectivity index (χ0n) is 20.7. The lowest BCUT2D eigenvalue weighted by Crippen LogP contribution is -2.44. The van der Waals surface area contributed by atoms with Gasteiger partial charge in [-0.3, -0.25) is 9.59 Å². The Hall–Kier alpha value is -4.72. The van der Waals surface area contributed by atoms with E-state index < -0.39 is 30.4 Å². The number of amides is 2. The number of benzene rings is 3. The Morgan fingerprint density at radius 2 is 1.46 bits per heavy atom. The maximum absolute atomic E-state index is 13.0. The van der Waals surface area contributed by atoms with Crippen molar-refractivity contribution in [1.82, 2.24) is 15.1 Å². The number of nitrogens with zero attached hydrogens (tertiary/aromatic N) is 2. The van der Waals surface area contributed by atoms with Crippen molar-refractivity contribution in [2.75, 3.05) is 11.9 Å². The molecule has 8 nitrogen and oxygen atoms in total. The summed E-state index contributed by atoms with van der Waals surface area (Å²) >= 11 is 0. The molecule has 0 bridgehead atoms. The molecule has 0 saturated carbocycles. The minimum Gasteiger partial charge on any atom is -0.454 e. The maximum Gasteiger partial charge on any atom is 0.329 e. The first-order valence-corrected chi connectivity index (χ1v) is 11.9. The molecule has 4 aromatic rings. The van der Waals surface area contributed by atoms with Crippen LogP contribution < -0.4 is 10.6 Å². The smallest absolute Gasteiger partial charge is 0.329 e. The number of aryl methyl sites for hydroxylation is 1. The van der Waals surface area contributed by atoms with Crippen molar-refractivity contribution in [1.29, 1.82) is 0 Å². The lowest BCUT2D eigenvalue weighted by Gasteiger charge is -2.18. The van der Waals surface area contributed by atoms with Gasteiger partial charge in [-0.2, -0.15) is 5.10 Å². The first-order chi connectivity index (χ1) is 17.9. The maximum atomic E-state index is 13.0. The van der Waals surface area contributed by atoms with E-state index in [0.29, 0.717) is 16.9 Å². The number of nitrogens with one attached hydrogen (secondary N) is 2. The second-order valence-electron chi connectivity index (χ2n) is 8.53. The van der Waals surface area contributed by atoms with Crippen molar-refractivity contribution >= 4 is 23.5 Å². The van der Waals surface area contributed by atoms with E-state index in [4.69, 9.17) is 4.74 Å². The van der Waals surface area contributed by atoms with Crippen LogP contribution in [0.25, 0.3) is 5.69 Å². The summed E-state index contributed by atoms with van der Waals surface area (Å²) in [7, 11) is 0. The van der Waals surface area contributed by atoms with Gasteiger partial charge in [-0.15, -0.1) is 0 Å². The monoisotopic (exact) mass is 496 g/mol. The van der Waals surface area contributed by atoms with Gasteiger partial charge < -0.3 is 15.4 Å². The Labute approximate surface area is 215 Å². The molecule has 1 aromatic heterocycles. The number of esters is 1. The van der Waals surface area contributed by atoms with Crippen LogP contribution in [-0.2, 0) is 20.7 Å². The molecular formula is C29H28N4O4. The Morgan fingerprint density at radius 3 is 2.11 bits per heavy atom. The molecule has 0 radical (unpaired) electrons. The van der Waals surface area contributed by atoms with Crippen LogP contribution in [0.2, 0.25) is 0 Å². The molecule has 0 spiro atoms. The fourth-order valence-corrected chi connectivity index (χ4v) is 3.93. The Morgan fingerprint density at radius 1 is 0.865 bits per heavy atom. The van der Waals surface area contributed by atoms with E-state index in [1.165, 1.54) is 0 Å². The molecule has 4 rings (SSSR count). The number of carbonyl (C=O) groups excluding carboxylic acids is 3. The molecule has 0 aliphatic rings. The summed E-state index contributed by atoms with van der Waals surface area (Å²) in [6.45, 7) is 3.15. The number of hydrogen-bond acceptors (Lipinski definition) is 5. The second-order valence-corrected chi connectivity index (χ2v) is 8.53. The van der Waals surface area contributed by atoms with E-state index in [0.717, 1.165) is 16.9 Å². The zero-order chi connectivity index (χ0) is 26.2. The van der Waals surface area contributed by atoms with E-state index in [1.807, 2.05) is 67.6 Å². The molecule has 188 valence electrons. The summed E-state index contributed by atoms with van der Waals surface area (Å²) in [6, 6.07) is 26.5. The molecule has 2 amide bonds. The summed E-state index contributed by atoms with van der Waals surface area (Å²) in [5, 5.41) is 10.0. The van der Waals surface area contributed by atoms with Crippen LogP contribution in [0.3, 0.4) is 0 Å². The normalized spacial score (nSPS) is 11.4. The van der Waals surface area contributed by atoms with Crippen molar-refractivity contribution in [3.05, 3.63) is 114 Å². The van der Waals surface area contributed by atoms with Gasteiger partial charge in [-0.1, -0.05) is 66.7 Å². The van der Waals surface area contributed by atoms with Crippen LogP contribution in [-0.4, -0.2) is 40.2 Å². The standard InChI is InChI=1S/C29H28N4O4/c1-20-27(21(2)33(32-20)24-16-10-5-11-17-24)31-26(34)19-37-29(36)25(18-22-12-6-3-7-13-22)30-28(35)23-14-8-4-9-15-23/h3-17,25H,18-19H2,1-2H3,(H,30,35)(H,31,34). The molecule has 0 saturated heterocycles. The lowest BCUT2D eigenvalue weighted by molar-refractivity contribution is -0.149. The van der Waals surface area contributed by atoms with Crippen molar-refractivity contribution in [2.24, 2.45) is 0 Å². The summed E-state index contributed by atoms with van der Waals surface area (Å²) in [4.78, 5) is 38.4. The Kier molecular flexibility index (Phi) is 8.10. The fraction of sp³-hybridized carbons (Fsp3) is 0.172. The van der Waals surface area contributed by atoms with E-state index in [1.54, 1.807) is 41.9 Å². The van der Waals surface area contributed by atoms with Crippen LogP contribution in [0.15, 0.2) is 91.0 Å². The number of ether oxygens (including phenoxy) is 1. The van der Waals surface area contributed by atoms with Gasteiger partial charge >= 0.3 is 5.97 Å². The van der Waals surface area contributed by atoms with Gasteiger partial charge in [-0.05, 0) is 43.7 Å². The van der Waals surface area contributed by atoms with Crippen LogP contribution >= 0.6 is 0 Å². The van der Waals surface area contributed by atoms with Crippen LogP contribution in [0.5, 0.6) is 0 Å². The summed E-state index contributed by atoms with van der Waals surface area (Å²) in [6.07, 6.45) is 0.224. The molecular weight excluding hydrogens is 468 g/mol. The van der Waals surface area contributed by atoms with E-state index in [2.05, 4.69) is 15.7 Å². The molecule has 3 aromatic carbocycles. The molecule has 0 aliphatic heterocycles. The van der Waals surface area contributed by atoms with Crippen molar-refractivity contribution in [3.8, 4) is 5.69 Å². The fourth-order valence-electron chi connectivity index (χ4n) is 3.93. The Balaban J connectivity index is 1.42. The molecule has 8 heteroatoms. The van der Waals surface area contributed by atoms with Crippen molar-refractivity contribution in [3.63, 3.8) is 0 Å². The number of anilines is 1. The van der Waals surface area contributed by atoms with Crippen molar-refractivity contribution < 1.29 is 19.1 Å². The number of para-hydroxylation sites is 1. The predicted octanol–water partition coefficient (Wildman–Crippen LogP) is 4.01. The van der Waals surface area contributed by atoms with Crippen molar-refractivity contribution in [2.45, 2.75) is 26.3 Å². The first kappa shape index (κ1) is 25.4. The SMILES string of the molecule is Cc1nn(-c2ccccc2)c(C)c1NC(=O)COC(=O)C(Cc1ccccc1)NC(=O)c1ccccc1. The average Bonchev–Trinajstić information content (AvgIpc) is 3.21. The van der Waals surface area contributed by atoms with Gasteiger partial charge in [0.2, 0.25) is 0 Å². The third-order valence-corrected chi connectivity index (χ3v) is 5.81.